The summed E-state index contributed by atoms with van der Waals surface area (Å²) in [5, 5.41) is 120. The second kappa shape index (κ2) is 47.2. The highest BCUT2D eigenvalue weighted by molar-refractivity contribution is 5.76. The maximum Gasteiger partial charge on any atom is 0.220 e. The van der Waals surface area contributed by atoms with Crippen molar-refractivity contribution in [3.8, 4) is 0 Å². The molecule has 0 aliphatic carbocycles. The Bertz CT molecular complexity index is 2020. The zero-order valence-corrected chi connectivity index (χ0v) is 50.5. The summed E-state index contributed by atoms with van der Waals surface area (Å²) >= 11 is 0. The SMILES string of the molecule is CC/C=C\C/C=C\C/C=C\C/C=C\C/C=C\C/C=C\C/C=C\CCCCCC(=O)NC(COC1OC(CO)C(OC2OC(CO)C(OC3OC(CO)C(O)C(O)C3O)C(O)C2O)C(O)C1O)C(O)/C=C/CC/C=C/CC/C=C/CCCCCCC. The summed E-state index contributed by atoms with van der Waals surface area (Å²) < 4.78 is 34.2. The van der Waals surface area contributed by atoms with Crippen LogP contribution in [-0.2, 0) is 33.2 Å². The summed E-state index contributed by atoms with van der Waals surface area (Å²) in [6, 6.07) is -1.02. The Labute approximate surface area is 506 Å². The molecule has 0 aromatic rings. The lowest BCUT2D eigenvalue weighted by Crippen LogP contribution is -2.66. The van der Waals surface area contributed by atoms with Crippen LogP contribution in [0.5, 0.6) is 0 Å². The van der Waals surface area contributed by atoms with Crippen LogP contribution < -0.4 is 5.32 Å². The Morgan fingerprint density at radius 1 is 0.435 bits per heavy atom. The molecule has 0 aromatic heterocycles. The standard InChI is InChI=1S/C66H107NO18/c1-3-5-7-9-11-13-15-17-19-20-21-22-23-24-25-26-27-28-30-32-34-36-38-40-42-44-54(72)67-49(50(71)43-41-39-37-35-33-31-29-18-16-14-12-10-8-6-4-2)48-80-64-60(78)57(75)62(52(46-69)82-64)85-66-61(79)58(76)63(53(47-70)83-66)84-65-59(77)56(74)55(73)51(45-68)81-65/h5,7,11,13,16-19,21-22,24-25,27-28,32-35,41,43,49-53,55-66,68-71,73-79H,3-4,6,8-10,12,14-15,20,23,26,29-31,36-40,42,44-48H2,1-2H3,(H,67,72)/b7-5-,13-11-,18-16+,19-17-,22-21-,25-24-,28-27-,34-32-,35-33+,43-41+. The highest BCUT2D eigenvalue weighted by atomic mass is 16.8. The predicted octanol–water partition coefficient (Wildman–Crippen LogP) is 6.48. The van der Waals surface area contributed by atoms with E-state index in [4.69, 9.17) is 28.4 Å². The Balaban J connectivity index is 1.50. The minimum absolute atomic E-state index is 0.183. The Morgan fingerprint density at radius 2 is 0.824 bits per heavy atom. The highest BCUT2D eigenvalue weighted by Crippen LogP contribution is 2.33. The third-order valence-electron chi connectivity index (χ3n) is 14.7. The summed E-state index contributed by atoms with van der Waals surface area (Å²) in [5.74, 6) is -0.329. The fraction of sp³-hybridized carbons (Fsp3) is 0.682. The van der Waals surface area contributed by atoms with Gasteiger partial charge in [0, 0.05) is 6.42 Å². The van der Waals surface area contributed by atoms with E-state index in [2.05, 4.69) is 129 Å². The smallest absolute Gasteiger partial charge is 0.220 e. The quantitative estimate of drug-likeness (QED) is 0.0229. The summed E-state index contributed by atoms with van der Waals surface area (Å²) in [6.07, 6.45) is 36.0. The molecule has 0 bridgehead atoms. The third-order valence-corrected chi connectivity index (χ3v) is 14.7. The van der Waals surface area contributed by atoms with Gasteiger partial charge < -0.3 is 89.9 Å². The van der Waals surface area contributed by atoms with Gasteiger partial charge in [0.2, 0.25) is 5.91 Å². The van der Waals surface area contributed by atoms with Gasteiger partial charge in [-0.2, -0.15) is 0 Å². The molecule has 3 aliphatic heterocycles. The molecule has 3 rings (SSSR count). The van der Waals surface area contributed by atoms with Gasteiger partial charge in [-0.05, 0) is 103 Å². The van der Waals surface area contributed by atoms with Gasteiger partial charge in [-0.1, -0.05) is 167 Å². The molecular formula is C66H107NO18. The molecule has 19 heteroatoms. The van der Waals surface area contributed by atoms with Gasteiger partial charge in [0.05, 0.1) is 38.6 Å². The summed E-state index contributed by atoms with van der Waals surface area (Å²) in [6.45, 7) is 1.50. The van der Waals surface area contributed by atoms with Crippen LogP contribution in [0.4, 0.5) is 0 Å². The topological polar surface area (TPSA) is 307 Å². The number of aliphatic hydroxyl groups is 11. The summed E-state index contributed by atoms with van der Waals surface area (Å²) in [5.41, 5.74) is 0. The molecule has 19 nitrogen and oxygen atoms in total. The van der Waals surface area contributed by atoms with Gasteiger partial charge in [-0.15, -0.1) is 0 Å². The second-order valence-corrected chi connectivity index (χ2v) is 21.8. The second-order valence-electron chi connectivity index (χ2n) is 21.8. The maximum absolute atomic E-state index is 13.3. The number of ether oxygens (including phenoxy) is 6. The number of amides is 1. The summed E-state index contributed by atoms with van der Waals surface area (Å²) in [7, 11) is 0. The first-order valence-electron chi connectivity index (χ1n) is 31.3. The van der Waals surface area contributed by atoms with Crippen LogP contribution in [0.15, 0.2) is 122 Å². The number of aliphatic hydroxyl groups excluding tert-OH is 11. The van der Waals surface area contributed by atoms with E-state index in [1.165, 1.54) is 32.1 Å². The number of hydrogen-bond acceptors (Lipinski definition) is 18. The van der Waals surface area contributed by atoms with Crippen molar-refractivity contribution in [3.05, 3.63) is 122 Å². The van der Waals surface area contributed by atoms with Crippen LogP contribution in [0.25, 0.3) is 0 Å². The van der Waals surface area contributed by atoms with Crippen LogP contribution in [0, 0.1) is 0 Å². The molecule has 12 N–H and O–H groups in total. The van der Waals surface area contributed by atoms with E-state index in [1.807, 2.05) is 6.08 Å². The minimum atomic E-state index is -1.99. The Kier molecular flexibility index (Phi) is 41.9. The Hall–Kier alpha value is -3.81. The monoisotopic (exact) mass is 1200 g/mol. The van der Waals surface area contributed by atoms with Crippen LogP contribution in [0.2, 0.25) is 0 Å². The molecule has 0 aromatic carbocycles. The zero-order chi connectivity index (χ0) is 61.9. The molecule has 17 atom stereocenters. The molecule has 484 valence electrons. The molecule has 3 aliphatic rings. The zero-order valence-electron chi connectivity index (χ0n) is 50.5. The molecular weight excluding hydrogens is 1090 g/mol. The van der Waals surface area contributed by atoms with E-state index in [0.29, 0.717) is 12.8 Å². The molecule has 0 spiro atoms. The normalized spacial score (nSPS) is 29.8. The van der Waals surface area contributed by atoms with E-state index < -0.39 is 131 Å². The maximum atomic E-state index is 13.3. The largest absolute Gasteiger partial charge is 0.394 e. The number of carbonyl (C=O) groups excluding carboxylic acids is 1. The van der Waals surface area contributed by atoms with Gasteiger partial charge in [-0.25, -0.2) is 0 Å². The van der Waals surface area contributed by atoms with Gasteiger partial charge >= 0.3 is 0 Å². The first-order valence-corrected chi connectivity index (χ1v) is 31.3. The van der Waals surface area contributed by atoms with Crippen LogP contribution in [-0.4, -0.2) is 193 Å². The lowest BCUT2D eigenvalue weighted by Gasteiger charge is -2.48. The van der Waals surface area contributed by atoms with Gasteiger partial charge in [0.25, 0.3) is 0 Å². The van der Waals surface area contributed by atoms with E-state index in [-0.39, 0.29) is 12.3 Å². The molecule has 3 saturated heterocycles. The van der Waals surface area contributed by atoms with Crippen molar-refractivity contribution >= 4 is 5.91 Å². The van der Waals surface area contributed by atoms with Gasteiger partial charge in [-0.3, -0.25) is 4.79 Å². The van der Waals surface area contributed by atoms with Crippen LogP contribution in [0.1, 0.15) is 155 Å². The van der Waals surface area contributed by atoms with Crippen LogP contribution in [0.3, 0.4) is 0 Å². The first-order chi connectivity index (χ1) is 41.3. The number of hydrogen-bond donors (Lipinski definition) is 12. The molecule has 3 heterocycles. The summed E-state index contributed by atoms with van der Waals surface area (Å²) in [4.78, 5) is 13.3. The van der Waals surface area contributed by atoms with Crippen molar-refractivity contribution in [1.29, 1.82) is 0 Å². The molecule has 17 unspecified atom stereocenters. The van der Waals surface area contributed by atoms with Crippen molar-refractivity contribution in [3.63, 3.8) is 0 Å². The fourth-order valence-corrected chi connectivity index (χ4v) is 9.61. The lowest BCUT2D eigenvalue weighted by atomic mass is 9.96. The highest BCUT2D eigenvalue weighted by Gasteiger charge is 2.53. The lowest BCUT2D eigenvalue weighted by molar-refractivity contribution is -0.379. The predicted molar refractivity (Wildman–Crippen MR) is 327 cm³/mol. The average Bonchev–Trinajstić information content (AvgIpc) is 3.63. The molecule has 85 heavy (non-hydrogen) atoms. The van der Waals surface area contributed by atoms with Crippen LogP contribution >= 0.6 is 0 Å². The van der Waals surface area contributed by atoms with E-state index in [0.717, 1.165) is 89.9 Å². The number of unbranched alkanes of at least 4 members (excludes halogenated alkanes) is 10. The molecule has 0 saturated carbocycles. The minimum Gasteiger partial charge on any atom is -0.394 e. The number of nitrogens with one attached hydrogen (secondary N) is 1. The molecule has 3 fully saturated rings. The van der Waals surface area contributed by atoms with Crippen molar-refractivity contribution < 1.29 is 89.4 Å². The number of carbonyl (C=O) groups is 1. The van der Waals surface area contributed by atoms with Gasteiger partial charge in [0.15, 0.2) is 18.9 Å². The average molecular weight is 1200 g/mol. The number of allylic oxidation sites excluding steroid dienone is 19. The van der Waals surface area contributed by atoms with Crippen molar-refractivity contribution in [2.24, 2.45) is 0 Å². The van der Waals surface area contributed by atoms with Crippen molar-refractivity contribution in [2.75, 3.05) is 26.4 Å². The van der Waals surface area contributed by atoms with Crippen molar-refractivity contribution in [1.82, 2.24) is 5.32 Å². The van der Waals surface area contributed by atoms with Crippen molar-refractivity contribution in [2.45, 2.75) is 259 Å². The Morgan fingerprint density at radius 3 is 1.31 bits per heavy atom. The van der Waals surface area contributed by atoms with Gasteiger partial charge in [0.1, 0.15) is 73.2 Å². The molecule has 1 amide bonds. The first kappa shape index (κ1) is 75.4. The fourth-order valence-electron chi connectivity index (χ4n) is 9.61. The van der Waals surface area contributed by atoms with E-state index >= 15 is 0 Å². The van der Waals surface area contributed by atoms with E-state index in [9.17, 15) is 61.0 Å². The number of rotatable bonds is 44. The molecule has 0 radical (unpaired) electrons. The third kappa shape index (κ3) is 30.3. The van der Waals surface area contributed by atoms with E-state index in [1.54, 1.807) is 6.08 Å².